The minimum Gasteiger partial charge on any atom is -0.394 e. The molecule has 1 atom stereocenters. The third-order valence-corrected chi connectivity index (χ3v) is 3.12. The highest BCUT2D eigenvalue weighted by Gasteiger charge is 2.30. The molecule has 0 aliphatic heterocycles. The zero-order chi connectivity index (χ0) is 15.8. The van der Waals surface area contributed by atoms with E-state index in [4.69, 9.17) is 15.1 Å². The van der Waals surface area contributed by atoms with Gasteiger partial charge in [0.05, 0.1) is 31.9 Å². The molecular weight excluding hydrogens is 256 g/mol. The van der Waals surface area contributed by atoms with Gasteiger partial charge in [-0.1, -0.05) is 27.7 Å². The zero-order valence-corrected chi connectivity index (χ0v) is 13.5. The van der Waals surface area contributed by atoms with Gasteiger partial charge in [0.15, 0.2) is 0 Å². The van der Waals surface area contributed by atoms with E-state index >= 15 is 0 Å². The van der Waals surface area contributed by atoms with Crippen LogP contribution < -0.4 is 0 Å². The number of ether oxygens (including phenoxy) is 1. The van der Waals surface area contributed by atoms with Crippen molar-refractivity contribution in [3.05, 3.63) is 0 Å². The van der Waals surface area contributed by atoms with Crippen molar-refractivity contribution in [1.29, 1.82) is 5.26 Å². The summed E-state index contributed by atoms with van der Waals surface area (Å²) in [6.07, 6.45) is 0.150. The highest BCUT2D eigenvalue weighted by molar-refractivity contribution is 4.86. The summed E-state index contributed by atoms with van der Waals surface area (Å²) in [6.45, 7) is 10.3. The fourth-order valence-corrected chi connectivity index (χ4v) is 3.04. The molecule has 0 radical (unpaired) electrons. The Hall–Kier alpha value is -0.670. The first kappa shape index (κ1) is 19.3. The van der Waals surface area contributed by atoms with E-state index in [1.54, 1.807) is 7.11 Å². The van der Waals surface area contributed by atoms with Gasteiger partial charge in [-0.05, 0) is 17.3 Å². The predicted octanol–water partition coefficient (Wildman–Crippen LogP) is 1.25. The third-order valence-electron chi connectivity index (χ3n) is 3.12. The van der Waals surface area contributed by atoms with Crippen LogP contribution in [0.25, 0.3) is 0 Å². The van der Waals surface area contributed by atoms with Crippen molar-refractivity contribution in [3.8, 4) is 6.07 Å². The predicted molar refractivity (Wildman–Crippen MR) is 79.2 cm³/mol. The van der Waals surface area contributed by atoms with Gasteiger partial charge < -0.3 is 14.9 Å². The molecule has 0 heterocycles. The Morgan fingerprint density at radius 3 is 2.30 bits per heavy atom. The van der Waals surface area contributed by atoms with Gasteiger partial charge in [-0.15, -0.1) is 0 Å². The number of hydrogen-bond acceptors (Lipinski definition) is 5. The SMILES string of the molecule is COCC(C)(C)CC(C)(C)CN(CC#N)CC(O)CO. The summed E-state index contributed by atoms with van der Waals surface area (Å²) in [4.78, 5) is 1.89. The van der Waals surface area contributed by atoms with Gasteiger partial charge in [0.2, 0.25) is 0 Å². The largest absolute Gasteiger partial charge is 0.394 e. The summed E-state index contributed by atoms with van der Waals surface area (Å²) < 4.78 is 5.25. The topological polar surface area (TPSA) is 76.7 Å². The van der Waals surface area contributed by atoms with Gasteiger partial charge in [0, 0.05) is 20.2 Å². The summed E-state index contributed by atoms with van der Waals surface area (Å²) in [5.41, 5.74) is 0.0558. The molecular formula is C15H30N2O3. The van der Waals surface area contributed by atoms with Gasteiger partial charge >= 0.3 is 0 Å². The minimum absolute atomic E-state index is 0.00590. The summed E-state index contributed by atoms with van der Waals surface area (Å²) in [5, 5.41) is 27.4. The molecule has 0 aromatic heterocycles. The fourth-order valence-electron chi connectivity index (χ4n) is 3.04. The van der Waals surface area contributed by atoms with Crippen LogP contribution in [0.3, 0.4) is 0 Å². The van der Waals surface area contributed by atoms with E-state index < -0.39 is 6.10 Å². The monoisotopic (exact) mass is 286 g/mol. The second-order valence-corrected chi connectivity index (χ2v) is 7.10. The molecule has 20 heavy (non-hydrogen) atoms. The average molecular weight is 286 g/mol. The fraction of sp³-hybridized carbons (Fsp3) is 0.933. The third kappa shape index (κ3) is 8.49. The second-order valence-electron chi connectivity index (χ2n) is 7.10. The lowest BCUT2D eigenvalue weighted by Gasteiger charge is -2.38. The number of nitrogens with zero attached hydrogens (tertiary/aromatic N) is 2. The number of rotatable bonds is 10. The quantitative estimate of drug-likeness (QED) is 0.591. The van der Waals surface area contributed by atoms with Crippen molar-refractivity contribution in [2.24, 2.45) is 10.8 Å². The van der Waals surface area contributed by atoms with Crippen LogP contribution in [0.15, 0.2) is 0 Å². The maximum Gasteiger partial charge on any atom is 0.0897 e. The second kappa shape index (κ2) is 8.58. The number of hydrogen-bond donors (Lipinski definition) is 2. The molecule has 0 saturated carbocycles. The van der Waals surface area contributed by atoms with Crippen LogP contribution in [0.4, 0.5) is 0 Å². The normalized spacial score (nSPS) is 14.3. The Morgan fingerprint density at radius 2 is 1.85 bits per heavy atom. The molecule has 0 aromatic carbocycles. The molecule has 0 fully saturated rings. The molecule has 0 aliphatic carbocycles. The lowest BCUT2D eigenvalue weighted by molar-refractivity contribution is 0.0308. The number of nitriles is 1. The first-order valence-electron chi connectivity index (χ1n) is 7.03. The van der Waals surface area contributed by atoms with Gasteiger partial charge in [-0.25, -0.2) is 0 Å². The minimum atomic E-state index is -0.800. The Labute approximate surface area is 123 Å². The molecule has 2 N–H and O–H groups in total. The first-order valence-corrected chi connectivity index (χ1v) is 7.03. The van der Waals surface area contributed by atoms with Crippen LogP contribution in [0, 0.1) is 22.2 Å². The van der Waals surface area contributed by atoms with Gasteiger partial charge in [-0.3, -0.25) is 4.90 Å². The number of aliphatic hydroxyl groups is 2. The van der Waals surface area contributed by atoms with Gasteiger partial charge in [-0.2, -0.15) is 5.26 Å². The maximum atomic E-state index is 9.55. The molecule has 118 valence electrons. The Kier molecular flexibility index (Phi) is 8.29. The lowest BCUT2D eigenvalue weighted by Crippen LogP contribution is -2.42. The van der Waals surface area contributed by atoms with E-state index in [1.165, 1.54) is 0 Å². The number of aliphatic hydroxyl groups excluding tert-OH is 2. The molecule has 0 spiro atoms. The average Bonchev–Trinajstić information content (AvgIpc) is 2.26. The van der Waals surface area contributed by atoms with Crippen molar-refractivity contribution in [3.63, 3.8) is 0 Å². The van der Waals surface area contributed by atoms with E-state index in [2.05, 4.69) is 33.8 Å². The Morgan fingerprint density at radius 1 is 1.25 bits per heavy atom. The molecule has 5 heteroatoms. The van der Waals surface area contributed by atoms with E-state index in [-0.39, 0.29) is 24.0 Å². The first-order chi connectivity index (χ1) is 9.15. The lowest BCUT2D eigenvalue weighted by atomic mass is 9.75. The molecule has 0 amide bonds. The van der Waals surface area contributed by atoms with E-state index in [0.717, 1.165) is 6.42 Å². The maximum absolute atomic E-state index is 9.55. The molecule has 0 aromatic rings. The molecule has 0 aliphatic rings. The van der Waals surface area contributed by atoms with Crippen molar-refractivity contribution in [1.82, 2.24) is 4.90 Å². The summed E-state index contributed by atoms with van der Waals surface area (Å²) >= 11 is 0. The van der Waals surface area contributed by atoms with E-state index in [0.29, 0.717) is 19.7 Å². The van der Waals surface area contributed by atoms with Crippen LogP contribution in [-0.2, 0) is 4.74 Å². The molecule has 0 saturated heterocycles. The summed E-state index contributed by atoms with van der Waals surface area (Å²) in [5.74, 6) is 0. The number of methoxy groups -OCH3 is 1. The van der Waals surface area contributed by atoms with Crippen molar-refractivity contribution < 1.29 is 14.9 Å². The van der Waals surface area contributed by atoms with E-state index in [1.807, 2.05) is 4.90 Å². The molecule has 0 rings (SSSR count). The Balaban J connectivity index is 4.62. The van der Waals surface area contributed by atoms with Gasteiger partial charge in [0.25, 0.3) is 0 Å². The van der Waals surface area contributed by atoms with Crippen molar-refractivity contribution in [2.75, 3.05) is 40.0 Å². The van der Waals surface area contributed by atoms with Crippen molar-refractivity contribution in [2.45, 2.75) is 40.2 Å². The van der Waals surface area contributed by atoms with Crippen LogP contribution >= 0.6 is 0 Å². The van der Waals surface area contributed by atoms with Gasteiger partial charge in [0.1, 0.15) is 0 Å². The zero-order valence-electron chi connectivity index (χ0n) is 13.5. The smallest absolute Gasteiger partial charge is 0.0897 e. The summed E-state index contributed by atoms with van der Waals surface area (Å²) in [6, 6.07) is 2.12. The van der Waals surface area contributed by atoms with Crippen LogP contribution in [0.2, 0.25) is 0 Å². The van der Waals surface area contributed by atoms with Crippen LogP contribution in [-0.4, -0.2) is 61.2 Å². The standard InChI is InChI=1S/C15H30N2O3/c1-14(2,10-15(3,4)12-20-5)11-17(7-6-16)8-13(19)9-18/h13,18-19H,7-12H2,1-5H3. The summed E-state index contributed by atoms with van der Waals surface area (Å²) in [7, 11) is 1.70. The highest BCUT2D eigenvalue weighted by atomic mass is 16.5. The van der Waals surface area contributed by atoms with Crippen LogP contribution in [0.5, 0.6) is 0 Å². The molecule has 1 unspecified atom stereocenters. The molecule has 5 nitrogen and oxygen atoms in total. The highest BCUT2D eigenvalue weighted by Crippen LogP contribution is 2.34. The van der Waals surface area contributed by atoms with Crippen molar-refractivity contribution >= 4 is 0 Å². The van der Waals surface area contributed by atoms with Crippen LogP contribution in [0.1, 0.15) is 34.1 Å². The molecule has 0 bridgehead atoms. The Bertz CT molecular complexity index is 311. The van der Waals surface area contributed by atoms with E-state index in [9.17, 15) is 5.11 Å².